The minimum atomic E-state index is 0.906. The number of nitrogens with zero attached hydrogens (tertiary/aromatic N) is 1. The van der Waals surface area contributed by atoms with Crippen molar-refractivity contribution >= 4 is 11.9 Å². The fourth-order valence-electron chi connectivity index (χ4n) is 2.98. The molecule has 0 radical (unpaired) electrons. The second kappa shape index (κ2) is 7.60. The smallest absolute Gasteiger partial charge is 0.0202 e. The zero-order chi connectivity index (χ0) is 11.1. The third kappa shape index (κ3) is 4.29. The zero-order valence-corrected chi connectivity index (χ0v) is 11.4. The minimum absolute atomic E-state index is 0.906. The lowest BCUT2D eigenvalue weighted by Crippen LogP contribution is -2.32. The van der Waals surface area contributed by atoms with Crippen molar-refractivity contribution in [1.29, 1.82) is 0 Å². The first-order valence-corrected chi connectivity index (χ1v) is 8.30. The molecule has 0 N–H and O–H groups in total. The van der Waals surface area contributed by atoms with Crippen molar-refractivity contribution < 1.29 is 0 Å². The van der Waals surface area contributed by atoms with Crippen LogP contribution in [0.25, 0.3) is 0 Å². The highest BCUT2D eigenvalue weighted by Crippen LogP contribution is 2.28. The van der Waals surface area contributed by atoms with Crippen LogP contribution in [0.3, 0.4) is 0 Å². The normalized spacial score (nSPS) is 27.8. The van der Waals surface area contributed by atoms with Gasteiger partial charge in [0.2, 0.25) is 0 Å². The van der Waals surface area contributed by atoms with Gasteiger partial charge in [0.1, 0.15) is 0 Å². The van der Waals surface area contributed by atoms with Gasteiger partial charge in [-0.2, -0.15) is 0 Å². The molecule has 0 aromatic carbocycles. The van der Waals surface area contributed by atoms with Crippen molar-refractivity contribution in [2.75, 3.05) is 12.3 Å². The fourth-order valence-corrected chi connectivity index (χ4v) is 4.23. The Morgan fingerprint density at radius 2 is 1.31 bits per heavy atom. The van der Waals surface area contributed by atoms with Crippen LogP contribution in [-0.4, -0.2) is 22.6 Å². The maximum Gasteiger partial charge on any atom is 0.0202 e. The van der Waals surface area contributed by atoms with Crippen molar-refractivity contribution in [3.8, 4) is 0 Å². The van der Waals surface area contributed by atoms with Gasteiger partial charge in [-0.15, -0.1) is 0 Å². The fraction of sp³-hybridized carbons (Fsp3) is 1.00. The second-order valence-corrected chi connectivity index (χ2v) is 6.52. The van der Waals surface area contributed by atoms with E-state index in [1.807, 2.05) is 0 Å². The summed E-state index contributed by atoms with van der Waals surface area (Å²) in [6.07, 6.45) is 16.1. The first-order valence-electron chi connectivity index (χ1n) is 7.36. The summed E-state index contributed by atoms with van der Waals surface area (Å²) >= 11 is 2.15. The molecule has 0 atom stereocenters. The van der Waals surface area contributed by atoms with Crippen molar-refractivity contribution in [3.05, 3.63) is 0 Å². The monoisotopic (exact) mass is 241 g/mol. The average molecular weight is 241 g/mol. The molecule has 1 aliphatic carbocycles. The van der Waals surface area contributed by atoms with Crippen molar-refractivity contribution in [2.45, 2.75) is 76.7 Å². The molecule has 2 aliphatic rings. The van der Waals surface area contributed by atoms with E-state index in [0.717, 1.165) is 6.04 Å². The van der Waals surface area contributed by atoms with E-state index in [1.165, 1.54) is 82.9 Å². The largest absolute Gasteiger partial charge is 0.248 e. The lowest BCUT2D eigenvalue weighted by molar-refractivity contribution is 0.280. The third-order valence-electron chi connectivity index (χ3n) is 4.01. The highest BCUT2D eigenvalue weighted by molar-refractivity contribution is 7.97. The van der Waals surface area contributed by atoms with Gasteiger partial charge in [-0.25, -0.2) is 4.31 Å². The molecule has 1 aliphatic heterocycles. The molecule has 0 spiro atoms. The summed E-state index contributed by atoms with van der Waals surface area (Å²) < 4.78 is 2.75. The van der Waals surface area contributed by atoms with E-state index in [9.17, 15) is 0 Å². The van der Waals surface area contributed by atoms with E-state index < -0.39 is 0 Å². The van der Waals surface area contributed by atoms with Gasteiger partial charge in [0.15, 0.2) is 0 Å². The number of hydrogen-bond donors (Lipinski definition) is 0. The van der Waals surface area contributed by atoms with Crippen LogP contribution in [0.4, 0.5) is 0 Å². The number of rotatable bonds is 1. The molecule has 2 fully saturated rings. The van der Waals surface area contributed by atoms with Gasteiger partial charge >= 0.3 is 0 Å². The van der Waals surface area contributed by atoms with Gasteiger partial charge in [0.25, 0.3) is 0 Å². The Morgan fingerprint density at radius 1 is 0.688 bits per heavy atom. The lowest BCUT2D eigenvalue weighted by Gasteiger charge is -2.33. The topological polar surface area (TPSA) is 3.24 Å². The molecule has 0 amide bonds. The molecule has 0 aromatic heterocycles. The molecular weight excluding hydrogens is 214 g/mol. The summed E-state index contributed by atoms with van der Waals surface area (Å²) in [5, 5.41) is 0. The summed E-state index contributed by atoms with van der Waals surface area (Å²) in [5.41, 5.74) is 0. The Bertz CT molecular complexity index is 148. The predicted octanol–water partition coefficient (Wildman–Crippen LogP) is 4.62. The Hall–Kier alpha value is 0.310. The molecule has 1 saturated carbocycles. The molecule has 16 heavy (non-hydrogen) atoms. The highest BCUT2D eigenvalue weighted by Gasteiger charge is 2.20. The van der Waals surface area contributed by atoms with Crippen LogP contribution in [0.15, 0.2) is 0 Å². The van der Waals surface area contributed by atoms with E-state index in [-0.39, 0.29) is 0 Å². The van der Waals surface area contributed by atoms with Crippen LogP contribution >= 0.6 is 11.9 Å². The van der Waals surface area contributed by atoms with Crippen LogP contribution < -0.4 is 0 Å². The highest BCUT2D eigenvalue weighted by atomic mass is 32.2. The molecule has 0 bridgehead atoms. The molecule has 2 rings (SSSR count). The maximum atomic E-state index is 2.75. The van der Waals surface area contributed by atoms with Crippen LogP contribution in [0.1, 0.15) is 70.6 Å². The van der Waals surface area contributed by atoms with E-state index in [2.05, 4.69) is 16.3 Å². The average Bonchev–Trinajstić information content (AvgIpc) is 2.18. The van der Waals surface area contributed by atoms with Gasteiger partial charge in [-0.1, -0.05) is 56.9 Å². The van der Waals surface area contributed by atoms with E-state index in [4.69, 9.17) is 0 Å². The van der Waals surface area contributed by atoms with Gasteiger partial charge in [-0.05, 0) is 25.7 Å². The summed E-state index contributed by atoms with van der Waals surface area (Å²) in [7, 11) is 0. The van der Waals surface area contributed by atoms with Crippen LogP contribution in [0.5, 0.6) is 0 Å². The Morgan fingerprint density at radius 3 is 2.12 bits per heavy atom. The van der Waals surface area contributed by atoms with Crippen molar-refractivity contribution in [1.82, 2.24) is 4.31 Å². The second-order valence-electron chi connectivity index (χ2n) is 5.39. The maximum absolute atomic E-state index is 2.75. The summed E-state index contributed by atoms with van der Waals surface area (Å²) in [5.74, 6) is 1.37. The van der Waals surface area contributed by atoms with Gasteiger partial charge in [0.05, 0.1) is 0 Å². The van der Waals surface area contributed by atoms with Crippen molar-refractivity contribution in [3.63, 3.8) is 0 Å². The molecule has 1 heterocycles. The van der Waals surface area contributed by atoms with Crippen LogP contribution in [-0.2, 0) is 0 Å². The number of hydrogen-bond acceptors (Lipinski definition) is 2. The molecule has 1 saturated heterocycles. The SMILES string of the molecule is C1CCCC(N2CCCCCCS2)CCC1. The van der Waals surface area contributed by atoms with E-state index in [0.29, 0.717) is 0 Å². The minimum Gasteiger partial charge on any atom is -0.248 e. The molecule has 2 heteroatoms. The summed E-state index contributed by atoms with van der Waals surface area (Å²) in [6.45, 7) is 1.36. The third-order valence-corrected chi connectivity index (χ3v) is 5.30. The van der Waals surface area contributed by atoms with Crippen molar-refractivity contribution in [2.24, 2.45) is 0 Å². The van der Waals surface area contributed by atoms with Gasteiger partial charge < -0.3 is 0 Å². The molecule has 0 unspecified atom stereocenters. The van der Waals surface area contributed by atoms with Crippen LogP contribution in [0.2, 0.25) is 0 Å². The first kappa shape index (κ1) is 12.8. The predicted molar refractivity (Wildman–Crippen MR) is 73.7 cm³/mol. The standard InChI is InChI=1S/C14H27NS/c1-2-6-10-14(11-7-3-1)15-12-8-4-5-9-13-16-15/h14H,1-13H2. The summed E-state index contributed by atoms with van der Waals surface area (Å²) in [4.78, 5) is 0. The Kier molecular flexibility index (Phi) is 6.06. The van der Waals surface area contributed by atoms with E-state index in [1.54, 1.807) is 0 Å². The molecule has 0 aromatic rings. The lowest BCUT2D eigenvalue weighted by atomic mass is 9.96. The molecule has 94 valence electrons. The Balaban J connectivity index is 1.81. The quantitative estimate of drug-likeness (QED) is 0.616. The molecular formula is C14H27NS. The van der Waals surface area contributed by atoms with Gasteiger partial charge in [0, 0.05) is 18.3 Å². The van der Waals surface area contributed by atoms with Crippen LogP contribution in [0, 0.1) is 0 Å². The van der Waals surface area contributed by atoms with Gasteiger partial charge in [-0.3, -0.25) is 0 Å². The molecule has 1 nitrogen and oxygen atoms in total. The van der Waals surface area contributed by atoms with E-state index >= 15 is 0 Å². The first-order chi connectivity index (χ1) is 7.97. The Labute approximate surface area is 105 Å². The summed E-state index contributed by atoms with van der Waals surface area (Å²) in [6, 6.07) is 0.906. The zero-order valence-electron chi connectivity index (χ0n) is 10.6.